The molecule has 5 nitrogen and oxygen atoms in total. The first-order chi connectivity index (χ1) is 14.4. The maximum absolute atomic E-state index is 5.68. The fourth-order valence-corrected chi connectivity index (χ4v) is 4.84. The summed E-state index contributed by atoms with van der Waals surface area (Å²) in [5, 5.41) is 4.31. The Morgan fingerprint density at radius 1 is 1.10 bits per heavy atom. The van der Waals surface area contributed by atoms with Gasteiger partial charge in [0.25, 0.3) is 0 Å². The van der Waals surface area contributed by atoms with E-state index in [1.54, 1.807) is 0 Å². The number of hydrogen-bond acceptors (Lipinski definition) is 3. The highest BCUT2D eigenvalue weighted by Gasteiger charge is 2.40. The molecule has 2 atom stereocenters. The van der Waals surface area contributed by atoms with Crippen LogP contribution in [-0.2, 0) is 0 Å². The van der Waals surface area contributed by atoms with Crippen LogP contribution in [0.1, 0.15) is 41.7 Å². The molecule has 3 aromatic rings. The highest BCUT2D eigenvalue weighted by molar-refractivity contribution is 7.80. The minimum atomic E-state index is 0.0312. The fraction of sp³-hybridized carbons (Fsp3) is 0.333. The fourth-order valence-electron chi connectivity index (χ4n) is 4.47. The summed E-state index contributed by atoms with van der Waals surface area (Å²) in [7, 11) is 4.12. The van der Waals surface area contributed by atoms with E-state index < -0.39 is 0 Å². The van der Waals surface area contributed by atoms with Crippen molar-refractivity contribution in [3.05, 3.63) is 77.4 Å². The molecule has 1 fully saturated rings. The number of anilines is 1. The Balaban J connectivity index is 1.79. The van der Waals surface area contributed by atoms with E-state index in [9.17, 15) is 0 Å². The molecule has 0 radical (unpaired) electrons. The molecule has 0 amide bonds. The molecule has 0 spiro atoms. The summed E-state index contributed by atoms with van der Waals surface area (Å²) in [5.74, 6) is 0. The van der Waals surface area contributed by atoms with Gasteiger partial charge in [-0.3, -0.25) is 4.98 Å². The molecule has 3 heterocycles. The Labute approximate surface area is 184 Å². The largest absolute Gasteiger partial charge is 0.378 e. The molecule has 0 bridgehead atoms. The van der Waals surface area contributed by atoms with Gasteiger partial charge in [-0.15, -0.1) is 0 Å². The predicted octanol–water partition coefficient (Wildman–Crippen LogP) is 4.55. The van der Waals surface area contributed by atoms with Crippen LogP contribution in [0.15, 0.2) is 54.7 Å². The van der Waals surface area contributed by atoms with Gasteiger partial charge in [0.15, 0.2) is 5.11 Å². The summed E-state index contributed by atoms with van der Waals surface area (Å²) < 4.78 is 2.33. The van der Waals surface area contributed by atoms with Crippen molar-refractivity contribution < 1.29 is 0 Å². The normalized spacial score (nSPS) is 18.6. The number of aromatic nitrogens is 2. The maximum Gasteiger partial charge on any atom is 0.170 e. The Morgan fingerprint density at radius 3 is 2.43 bits per heavy atom. The zero-order chi connectivity index (χ0) is 21.4. The second-order valence-corrected chi connectivity index (χ2v) is 8.37. The standard InChI is InChI=1S/C24H29N5S/c1-6-28-23(22(26-24(28)30)21-9-7-8-14-25-21)20-15-16(2)29(17(20)3)19-12-10-18(11-13-19)27(4)5/h7-15,22-23H,6H2,1-5H3,(H,26,30)/t22-,23+/m1/s1. The number of benzene rings is 1. The minimum absolute atomic E-state index is 0.0312. The van der Waals surface area contributed by atoms with E-state index in [0.717, 1.165) is 17.4 Å². The number of rotatable bonds is 5. The van der Waals surface area contributed by atoms with E-state index >= 15 is 0 Å². The monoisotopic (exact) mass is 419 g/mol. The van der Waals surface area contributed by atoms with Gasteiger partial charge in [-0.25, -0.2) is 0 Å². The van der Waals surface area contributed by atoms with Crippen molar-refractivity contribution >= 4 is 23.0 Å². The van der Waals surface area contributed by atoms with Gasteiger partial charge in [-0.1, -0.05) is 6.07 Å². The van der Waals surface area contributed by atoms with E-state index in [1.165, 1.54) is 28.3 Å². The van der Waals surface area contributed by atoms with Crippen molar-refractivity contribution in [1.82, 2.24) is 19.8 Å². The van der Waals surface area contributed by atoms with Crippen LogP contribution in [0.3, 0.4) is 0 Å². The summed E-state index contributed by atoms with van der Waals surface area (Å²) >= 11 is 5.68. The number of aryl methyl sites for hydroxylation is 1. The van der Waals surface area contributed by atoms with Gasteiger partial charge >= 0.3 is 0 Å². The average Bonchev–Trinajstić information content (AvgIpc) is 3.23. The third-order valence-electron chi connectivity index (χ3n) is 5.95. The summed E-state index contributed by atoms with van der Waals surface area (Å²) in [6.07, 6.45) is 1.85. The van der Waals surface area contributed by atoms with Crippen LogP contribution in [0, 0.1) is 13.8 Å². The minimum Gasteiger partial charge on any atom is -0.378 e. The summed E-state index contributed by atoms with van der Waals surface area (Å²) in [6.45, 7) is 7.37. The first-order valence-electron chi connectivity index (χ1n) is 10.4. The van der Waals surface area contributed by atoms with Crippen molar-refractivity contribution in [2.45, 2.75) is 32.9 Å². The Morgan fingerprint density at radius 2 is 1.83 bits per heavy atom. The summed E-state index contributed by atoms with van der Waals surface area (Å²) in [5.41, 5.74) is 7.12. The lowest BCUT2D eigenvalue weighted by molar-refractivity contribution is 0.329. The van der Waals surface area contributed by atoms with Gasteiger partial charge in [0.2, 0.25) is 0 Å². The number of thiocarbonyl (C=S) groups is 1. The topological polar surface area (TPSA) is 36.3 Å². The molecule has 30 heavy (non-hydrogen) atoms. The maximum atomic E-state index is 5.68. The van der Waals surface area contributed by atoms with E-state index in [0.29, 0.717) is 0 Å². The van der Waals surface area contributed by atoms with Crippen molar-refractivity contribution in [3.8, 4) is 5.69 Å². The second kappa shape index (κ2) is 8.11. The van der Waals surface area contributed by atoms with Crippen LogP contribution >= 0.6 is 12.2 Å². The van der Waals surface area contributed by atoms with Gasteiger partial charge < -0.3 is 19.7 Å². The molecule has 0 aliphatic carbocycles. The molecule has 0 saturated carbocycles. The molecule has 1 N–H and O–H groups in total. The van der Waals surface area contributed by atoms with E-state index in [4.69, 9.17) is 12.2 Å². The lowest BCUT2D eigenvalue weighted by Crippen LogP contribution is -2.29. The molecule has 156 valence electrons. The lowest BCUT2D eigenvalue weighted by atomic mass is 9.97. The van der Waals surface area contributed by atoms with Crippen LogP contribution in [-0.4, -0.2) is 40.2 Å². The molecular weight excluding hydrogens is 390 g/mol. The van der Waals surface area contributed by atoms with Gasteiger partial charge in [0.1, 0.15) is 0 Å². The first-order valence-corrected chi connectivity index (χ1v) is 10.8. The number of pyridine rings is 1. The van der Waals surface area contributed by atoms with E-state index in [1.807, 2.05) is 18.3 Å². The Kier molecular flexibility index (Phi) is 5.52. The molecule has 1 aliphatic heterocycles. The van der Waals surface area contributed by atoms with Crippen LogP contribution in [0.5, 0.6) is 0 Å². The number of likely N-dealkylation sites (N-methyl/N-ethyl adjacent to an activating group) is 1. The van der Waals surface area contributed by atoms with E-state index in [-0.39, 0.29) is 12.1 Å². The van der Waals surface area contributed by atoms with Crippen LogP contribution in [0.2, 0.25) is 0 Å². The summed E-state index contributed by atoms with van der Waals surface area (Å²) in [6, 6.07) is 17.2. The average molecular weight is 420 g/mol. The quantitative estimate of drug-likeness (QED) is 0.614. The van der Waals surface area contributed by atoms with Crippen molar-refractivity contribution in [2.24, 2.45) is 0 Å². The van der Waals surface area contributed by atoms with Gasteiger partial charge in [-0.2, -0.15) is 0 Å². The molecule has 1 aromatic carbocycles. The SMILES string of the molecule is CCN1C(=S)N[C@H](c2ccccn2)[C@@H]1c1cc(C)n(-c2ccc(N(C)C)cc2)c1C. The second-order valence-electron chi connectivity index (χ2n) is 7.99. The zero-order valence-electron chi connectivity index (χ0n) is 18.3. The molecule has 2 aromatic heterocycles. The van der Waals surface area contributed by atoms with Gasteiger partial charge in [-0.05, 0) is 81.0 Å². The molecule has 1 saturated heterocycles. The van der Waals surface area contributed by atoms with Crippen molar-refractivity contribution in [1.29, 1.82) is 0 Å². The highest BCUT2D eigenvalue weighted by atomic mass is 32.1. The first kappa shape index (κ1) is 20.4. The Bertz CT molecular complexity index is 1040. The van der Waals surface area contributed by atoms with Gasteiger partial charge in [0.05, 0.1) is 17.8 Å². The number of hydrogen-bond donors (Lipinski definition) is 1. The number of nitrogens with one attached hydrogen (secondary N) is 1. The molecular formula is C24H29N5S. The van der Waals surface area contributed by atoms with Crippen LogP contribution in [0.4, 0.5) is 5.69 Å². The van der Waals surface area contributed by atoms with Gasteiger partial charge in [0, 0.05) is 49.6 Å². The predicted molar refractivity (Wildman–Crippen MR) is 127 cm³/mol. The summed E-state index contributed by atoms with van der Waals surface area (Å²) in [4.78, 5) is 9.01. The third-order valence-corrected chi connectivity index (χ3v) is 6.30. The van der Waals surface area contributed by atoms with Crippen LogP contribution < -0.4 is 10.2 Å². The lowest BCUT2D eigenvalue weighted by Gasteiger charge is -2.27. The molecule has 6 heteroatoms. The molecule has 1 aliphatic rings. The highest BCUT2D eigenvalue weighted by Crippen LogP contribution is 2.41. The molecule has 0 unspecified atom stereocenters. The van der Waals surface area contributed by atoms with Crippen LogP contribution in [0.25, 0.3) is 5.69 Å². The van der Waals surface area contributed by atoms with E-state index in [2.05, 4.69) is 95.9 Å². The Hall–Kier alpha value is -2.86. The zero-order valence-corrected chi connectivity index (χ0v) is 19.1. The third kappa shape index (κ3) is 3.45. The van der Waals surface area contributed by atoms with Crippen molar-refractivity contribution in [2.75, 3.05) is 25.5 Å². The smallest absolute Gasteiger partial charge is 0.170 e. The van der Waals surface area contributed by atoms with Crippen molar-refractivity contribution in [3.63, 3.8) is 0 Å². The molecule has 4 rings (SSSR count). The number of nitrogens with zero attached hydrogens (tertiary/aromatic N) is 4.